The summed E-state index contributed by atoms with van der Waals surface area (Å²) >= 11 is 0. The van der Waals surface area contributed by atoms with Crippen LogP contribution in [0.25, 0.3) is 11.4 Å². The van der Waals surface area contributed by atoms with Gasteiger partial charge in [-0.15, -0.1) is 10.2 Å². The number of benzene rings is 2. The Kier molecular flexibility index (Phi) is 5.86. The number of carbonyl (C=O) groups is 1. The van der Waals surface area contributed by atoms with Gasteiger partial charge in [0.05, 0.1) is 18.9 Å². The molecule has 0 saturated heterocycles. The van der Waals surface area contributed by atoms with E-state index in [1.807, 2.05) is 0 Å². The first kappa shape index (κ1) is 20.0. The summed E-state index contributed by atoms with van der Waals surface area (Å²) < 4.78 is 43.6. The number of hydrogen-bond acceptors (Lipinski definition) is 6. The number of alkyl halides is 3. The molecule has 0 fully saturated rings. The molecule has 0 radical (unpaired) electrons. The van der Waals surface area contributed by atoms with Crippen LogP contribution < -0.4 is 10.2 Å². The number of para-hydroxylation sites is 1. The second kappa shape index (κ2) is 8.50. The number of nitrogens with zero attached hydrogens (tertiary/aromatic N) is 5. The minimum atomic E-state index is -4.48. The van der Waals surface area contributed by atoms with Crippen LogP contribution in [0.5, 0.6) is 5.75 Å². The van der Waals surface area contributed by atoms with Gasteiger partial charge in [0.25, 0.3) is 5.91 Å². The number of hydrogen-bond donors (Lipinski definition) is 1. The van der Waals surface area contributed by atoms with Gasteiger partial charge in [0.1, 0.15) is 12.3 Å². The maximum absolute atomic E-state index is 12.8. The van der Waals surface area contributed by atoms with Crippen molar-refractivity contribution in [3.8, 4) is 17.1 Å². The molecule has 0 atom stereocenters. The lowest BCUT2D eigenvalue weighted by Crippen LogP contribution is -2.24. The van der Waals surface area contributed by atoms with Gasteiger partial charge >= 0.3 is 6.18 Å². The fourth-order valence-corrected chi connectivity index (χ4v) is 2.37. The molecule has 0 aliphatic carbocycles. The minimum absolute atomic E-state index is 0.0265. The topological polar surface area (TPSA) is 94.3 Å². The first-order chi connectivity index (χ1) is 13.9. The first-order valence-electron chi connectivity index (χ1n) is 8.27. The van der Waals surface area contributed by atoms with Gasteiger partial charge in [0, 0.05) is 11.1 Å². The average Bonchev–Trinajstić information content (AvgIpc) is 3.16. The Bertz CT molecular complexity index is 1030. The molecule has 1 amide bonds. The zero-order valence-electron chi connectivity index (χ0n) is 15.1. The molecule has 1 heterocycles. The summed E-state index contributed by atoms with van der Waals surface area (Å²) in [7, 11) is 1.52. The SMILES string of the molecule is COc1ccccc1/C=N\NC(=O)Cn1nnc(-c2cccc(C(F)(F)F)c2)n1. The Labute approximate surface area is 163 Å². The molecule has 8 nitrogen and oxygen atoms in total. The number of aromatic nitrogens is 4. The number of amides is 1. The van der Waals surface area contributed by atoms with Crippen molar-refractivity contribution in [1.82, 2.24) is 25.6 Å². The second-order valence-corrected chi connectivity index (χ2v) is 5.76. The Balaban J connectivity index is 1.63. The molecule has 150 valence electrons. The number of hydrazone groups is 1. The summed E-state index contributed by atoms with van der Waals surface area (Å²) in [4.78, 5) is 12.9. The lowest BCUT2D eigenvalue weighted by Gasteiger charge is -2.06. The molecule has 0 saturated carbocycles. The zero-order chi connectivity index (χ0) is 20.9. The monoisotopic (exact) mass is 404 g/mol. The van der Waals surface area contributed by atoms with Crippen LogP contribution in [0.2, 0.25) is 0 Å². The standard InChI is InChI=1S/C18H15F3N6O2/c1-29-15-8-3-2-5-13(15)10-22-23-16(28)11-27-25-17(24-26-27)12-6-4-7-14(9-12)18(19,20)21/h2-10H,11H2,1H3,(H,23,28)/b22-10-. The van der Waals surface area contributed by atoms with Gasteiger partial charge in [-0.1, -0.05) is 24.3 Å². The van der Waals surface area contributed by atoms with Crippen molar-refractivity contribution >= 4 is 12.1 Å². The molecular formula is C18H15F3N6O2. The Hall–Kier alpha value is -3.76. The average molecular weight is 404 g/mol. The van der Waals surface area contributed by atoms with Gasteiger partial charge in [-0.2, -0.15) is 23.1 Å². The van der Waals surface area contributed by atoms with Crippen molar-refractivity contribution in [3.63, 3.8) is 0 Å². The Morgan fingerprint density at radius 3 is 2.79 bits per heavy atom. The van der Waals surface area contributed by atoms with Crippen LogP contribution in [0, 0.1) is 0 Å². The van der Waals surface area contributed by atoms with E-state index >= 15 is 0 Å². The molecule has 3 aromatic rings. The summed E-state index contributed by atoms with van der Waals surface area (Å²) in [6.45, 7) is -0.310. The Morgan fingerprint density at radius 2 is 2.03 bits per heavy atom. The van der Waals surface area contributed by atoms with Gasteiger partial charge in [0.15, 0.2) is 0 Å². The summed E-state index contributed by atoms with van der Waals surface area (Å²) in [6.07, 6.45) is -3.06. The van der Waals surface area contributed by atoms with Crippen molar-refractivity contribution in [2.45, 2.75) is 12.7 Å². The largest absolute Gasteiger partial charge is 0.496 e. The van der Waals surface area contributed by atoms with Gasteiger partial charge in [-0.3, -0.25) is 4.79 Å². The van der Waals surface area contributed by atoms with Crippen LogP contribution in [-0.2, 0) is 17.5 Å². The lowest BCUT2D eigenvalue weighted by molar-refractivity contribution is -0.137. The predicted octanol–water partition coefficient (Wildman–Crippen LogP) is 2.52. The first-order valence-corrected chi connectivity index (χ1v) is 8.27. The van der Waals surface area contributed by atoms with Crippen LogP contribution in [0.15, 0.2) is 53.6 Å². The van der Waals surface area contributed by atoms with E-state index in [9.17, 15) is 18.0 Å². The molecule has 1 N–H and O–H groups in total. The molecule has 11 heteroatoms. The summed E-state index contributed by atoms with van der Waals surface area (Å²) in [5.74, 6) is 0.0275. The van der Waals surface area contributed by atoms with Crippen molar-refractivity contribution in [2.24, 2.45) is 5.10 Å². The number of ether oxygens (including phenoxy) is 1. The van der Waals surface area contributed by atoms with Crippen molar-refractivity contribution < 1.29 is 22.7 Å². The van der Waals surface area contributed by atoms with Crippen LogP contribution in [0.4, 0.5) is 13.2 Å². The molecule has 0 spiro atoms. The highest BCUT2D eigenvalue weighted by Crippen LogP contribution is 2.31. The van der Waals surface area contributed by atoms with Crippen LogP contribution >= 0.6 is 0 Å². The normalized spacial score (nSPS) is 11.6. The van der Waals surface area contributed by atoms with E-state index in [0.29, 0.717) is 11.3 Å². The fourth-order valence-electron chi connectivity index (χ4n) is 2.37. The van der Waals surface area contributed by atoms with Gasteiger partial charge in [0.2, 0.25) is 5.82 Å². The van der Waals surface area contributed by atoms with E-state index in [0.717, 1.165) is 16.9 Å². The van der Waals surface area contributed by atoms with Gasteiger partial charge < -0.3 is 4.74 Å². The quantitative estimate of drug-likeness (QED) is 0.503. The van der Waals surface area contributed by atoms with Crippen LogP contribution in [0.3, 0.4) is 0 Å². The number of methoxy groups -OCH3 is 1. The second-order valence-electron chi connectivity index (χ2n) is 5.76. The summed E-state index contributed by atoms with van der Waals surface area (Å²) in [6, 6.07) is 11.6. The van der Waals surface area contributed by atoms with E-state index in [4.69, 9.17) is 4.74 Å². The molecular weight excluding hydrogens is 389 g/mol. The predicted molar refractivity (Wildman–Crippen MR) is 97.0 cm³/mol. The number of nitrogens with one attached hydrogen (secondary N) is 1. The van der Waals surface area contributed by atoms with E-state index in [1.54, 1.807) is 24.3 Å². The Morgan fingerprint density at radius 1 is 1.24 bits per heavy atom. The summed E-state index contributed by atoms with van der Waals surface area (Å²) in [5, 5.41) is 15.1. The highest BCUT2D eigenvalue weighted by Gasteiger charge is 2.30. The van der Waals surface area contributed by atoms with Crippen molar-refractivity contribution in [3.05, 3.63) is 59.7 Å². The number of tetrazole rings is 1. The molecule has 1 aromatic heterocycles. The molecule has 0 unspecified atom stereocenters. The van der Waals surface area contributed by atoms with Gasteiger partial charge in [-0.05, 0) is 29.5 Å². The van der Waals surface area contributed by atoms with Crippen molar-refractivity contribution in [1.29, 1.82) is 0 Å². The fraction of sp³-hybridized carbons (Fsp3) is 0.167. The third-order valence-corrected chi connectivity index (χ3v) is 3.72. The van der Waals surface area contributed by atoms with Crippen molar-refractivity contribution in [2.75, 3.05) is 7.11 Å². The van der Waals surface area contributed by atoms with Crippen LogP contribution in [0.1, 0.15) is 11.1 Å². The number of rotatable bonds is 6. The van der Waals surface area contributed by atoms with E-state index in [2.05, 4.69) is 25.9 Å². The van der Waals surface area contributed by atoms with E-state index in [-0.39, 0.29) is 17.9 Å². The summed E-state index contributed by atoms with van der Waals surface area (Å²) in [5.41, 5.74) is 2.29. The zero-order valence-corrected chi connectivity index (χ0v) is 15.1. The lowest BCUT2D eigenvalue weighted by atomic mass is 10.1. The van der Waals surface area contributed by atoms with Crippen LogP contribution in [-0.4, -0.2) is 39.4 Å². The third kappa shape index (κ3) is 5.15. The smallest absolute Gasteiger partial charge is 0.416 e. The maximum atomic E-state index is 12.8. The number of halogens is 3. The highest BCUT2D eigenvalue weighted by atomic mass is 19.4. The molecule has 29 heavy (non-hydrogen) atoms. The molecule has 2 aromatic carbocycles. The van der Waals surface area contributed by atoms with E-state index < -0.39 is 17.6 Å². The highest BCUT2D eigenvalue weighted by molar-refractivity contribution is 5.85. The molecule has 3 rings (SSSR count). The van der Waals surface area contributed by atoms with E-state index in [1.165, 1.54) is 25.5 Å². The molecule has 0 aliphatic rings. The molecule has 0 bridgehead atoms. The maximum Gasteiger partial charge on any atom is 0.416 e. The number of carbonyl (C=O) groups excluding carboxylic acids is 1. The minimum Gasteiger partial charge on any atom is -0.496 e. The van der Waals surface area contributed by atoms with Gasteiger partial charge in [-0.25, -0.2) is 5.43 Å². The molecule has 0 aliphatic heterocycles. The third-order valence-electron chi connectivity index (χ3n) is 3.72.